The van der Waals surface area contributed by atoms with Gasteiger partial charge in [0.15, 0.2) is 0 Å². The van der Waals surface area contributed by atoms with E-state index in [0.29, 0.717) is 0 Å². The fourth-order valence-electron chi connectivity index (χ4n) is 1.06. The lowest BCUT2D eigenvalue weighted by atomic mass is 10.2. The van der Waals surface area contributed by atoms with Gasteiger partial charge in [0.2, 0.25) is 0 Å². The van der Waals surface area contributed by atoms with Gasteiger partial charge in [0, 0.05) is 15.5 Å². The molecule has 0 bridgehead atoms. The molecule has 0 amide bonds. The predicted octanol–water partition coefficient (Wildman–Crippen LogP) is 3.38. The zero-order valence-electron chi connectivity index (χ0n) is 7.35. The van der Waals surface area contributed by atoms with E-state index in [-0.39, 0.29) is 0 Å². The van der Waals surface area contributed by atoms with E-state index in [1.165, 1.54) is 0 Å². The van der Waals surface area contributed by atoms with Gasteiger partial charge in [0.05, 0.1) is 7.11 Å². The molecule has 0 aliphatic heterocycles. The summed E-state index contributed by atoms with van der Waals surface area (Å²) in [5.74, 6) is 0.884. The number of benzene rings is 1. The number of ether oxygens (including phenoxy) is 1. The smallest absolute Gasteiger partial charge is 0.136 e. The Morgan fingerprint density at radius 1 is 1.42 bits per heavy atom. The molecule has 0 aromatic heterocycles. The molecule has 12 heavy (non-hydrogen) atoms. The van der Waals surface area contributed by atoms with E-state index in [4.69, 9.17) is 16.3 Å². The summed E-state index contributed by atoms with van der Waals surface area (Å²) in [7, 11) is 1.67. The highest BCUT2D eigenvalue weighted by Crippen LogP contribution is 2.34. The number of thioether (sulfide) groups is 1. The molecule has 0 fully saturated rings. The second kappa shape index (κ2) is 4.06. The second-order valence-electron chi connectivity index (χ2n) is 2.41. The van der Waals surface area contributed by atoms with Gasteiger partial charge in [0.1, 0.15) is 5.75 Å². The molecule has 3 heteroatoms. The van der Waals surface area contributed by atoms with E-state index in [9.17, 15) is 0 Å². The van der Waals surface area contributed by atoms with Gasteiger partial charge in [-0.05, 0) is 25.3 Å². The van der Waals surface area contributed by atoms with E-state index in [0.717, 1.165) is 21.2 Å². The Balaban J connectivity index is 3.25. The molecular weight excluding hydrogens is 192 g/mol. The summed E-state index contributed by atoms with van der Waals surface area (Å²) in [5.41, 5.74) is 1.01. The molecule has 0 unspecified atom stereocenters. The van der Waals surface area contributed by atoms with Crippen LogP contribution in [-0.4, -0.2) is 13.4 Å². The van der Waals surface area contributed by atoms with Crippen LogP contribution in [0.2, 0.25) is 5.02 Å². The molecule has 0 radical (unpaired) electrons. The highest BCUT2D eigenvalue weighted by Gasteiger charge is 2.07. The van der Waals surface area contributed by atoms with Crippen LogP contribution in [0.15, 0.2) is 17.0 Å². The first-order chi connectivity index (χ1) is 5.70. The fourth-order valence-corrected chi connectivity index (χ4v) is 1.83. The molecule has 0 saturated carbocycles. The van der Waals surface area contributed by atoms with Crippen LogP contribution in [0.1, 0.15) is 5.56 Å². The normalized spacial score (nSPS) is 10.0. The molecule has 1 aromatic carbocycles. The number of hydrogen-bond donors (Lipinski definition) is 0. The van der Waals surface area contributed by atoms with Gasteiger partial charge < -0.3 is 4.74 Å². The third kappa shape index (κ3) is 1.70. The monoisotopic (exact) mass is 202 g/mol. The summed E-state index contributed by atoms with van der Waals surface area (Å²) in [4.78, 5) is 1.12. The Labute approximate surface area is 82.1 Å². The maximum absolute atomic E-state index is 5.93. The molecule has 1 aromatic rings. The average molecular weight is 203 g/mol. The summed E-state index contributed by atoms with van der Waals surface area (Å²) in [6.45, 7) is 1.96. The molecule has 1 nitrogen and oxygen atoms in total. The van der Waals surface area contributed by atoms with Gasteiger partial charge in [-0.15, -0.1) is 11.8 Å². The van der Waals surface area contributed by atoms with E-state index in [1.54, 1.807) is 18.9 Å². The van der Waals surface area contributed by atoms with Crippen molar-refractivity contribution in [1.82, 2.24) is 0 Å². The SMILES string of the molecule is COc1c(SC)ccc(Cl)c1C. The first-order valence-corrected chi connectivity index (χ1v) is 5.18. The maximum Gasteiger partial charge on any atom is 0.136 e. The minimum atomic E-state index is 0.754. The lowest BCUT2D eigenvalue weighted by molar-refractivity contribution is 0.401. The highest BCUT2D eigenvalue weighted by atomic mass is 35.5. The second-order valence-corrected chi connectivity index (χ2v) is 3.66. The van der Waals surface area contributed by atoms with Crippen LogP contribution in [0.25, 0.3) is 0 Å². The number of rotatable bonds is 2. The Hall–Kier alpha value is -0.340. The van der Waals surface area contributed by atoms with E-state index in [2.05, 4.69) is 0 Å². The van der Waals surface area contributed by atoms with Gasteiger partial charge in [-0.1, -0.05) is 11.6 Å². The van der Waals surface area contributed by atoms with Crippen molar-refractivity contribution in [3.63, 3.8) is 0 Å². The van der Waals surface area contributed by atoms with Crippen molar-refractivity contribution in [2.45, 2.75) is 11.8 Å². The minimum Gasteiger partial charge on any atom is -0.495 e. The largest absolute Gasteiger partial charge is 0.495 e. The molecule has 0 atom stereocenters. The van der Waals surface area contributed by atoms with Gasteiger partial charge >= 0.3 is 0 Å². The quantitative estimate of drug-likeness (QED) is 0.680. The standard InChI is InChI=1S/C9H11ClOS/c1-6-7(10)4-5-8(12-3)9(6)11-2/h4-5H,1-3H3. The van der Waals surface area contributed by atoms with Crippen LogP contribution < -0.4 is 4.74 Å². The van der Waals surface area contributed by atoms with Gasteiger partial charge in [0.25, 0.3) is 0 Å². The van der Waals surface area contributed by atoms with Crippen LogP contribution in [0, 0.1) is 6.92 Å². The van der Waals surface area contributed by atoms with Gasteiger partial charge in [-0.3, -0.25) is 0 Å². The summed E-state index contributed by atoms with van der Waals surface area (Å²) in [6, 6.07) is 3.87. The molecule has 0 aliphatic rings. The Kier molecular flexibility index (Phi) is 3.29. The molecular formula is C9H11ClOS. The zero-order chi connectivity index (χ0) is 9.14. The van der Waals surface area contributed by atoms with Gasteiger partial charge in [-0.25, -0.2) is 0 Å². The Bertz CT molecular complexity index is 286. The first kappa shape index (κ1) is 9.75. The van der Waals surface area contributed by atoms with Crippen molar-refractivity contribution in [3.8, 4) is 5.75 Å². The molecule has 0 spiro atoms. The van der Waals surface area contributed by atoms with Crippen LogP contribution in [-0.2, 0) is 0 Å². The number of halogens is 1. The molecule has 1 rings (SSSR count). The van der Waals surface area contributed by atoms with Crippen LogP contribution in [0.5, 0.6) is 5.75 Å². The predicted molar refractivity (Wildman–Crippen MR) is 54.5 cm³/mol. The van der Waals surface area contributed by atoms with E-state index < -0.39 is 0 Å². The van der Waals surface area contributed by atoms with Crippen molar-refractivity contribution < 1.29 is 4.74 Å². The van der Waals surface area contributed by atoms with Crippen LogP contribution in [0.4, 0.5) is 0 Å². The lowest BCUT2D eigenvalue weighted by Gasteiger charge is -2.10. The average Bonchev–Trinajstić information content (AvgIpc) is 2.09. The summed E-state index contributed by atoms with van der Waals surface area (Å²) < 4.78 is 5.24. The molecule has 0 saturated heterocycles. The summed E-state index contributed by atoms with van der Waals surface area (Å²) in [5, 5.41) is 0.754. The highest BCUT2D eigenvalue weighted by molar-refractivity contribution is 7.98. The summed E-state index contributed by atoms with van der Waals surface area (Å²) in [6.07, 6.45) is 2.02. The van der Waals surface area contributed by atoms with Crippen molar-refractivity contribution in [2.24, 2.45) is 0 Å². The Morgan fingerprint density at radius 2 is 2.08 bits per heavy atom. The molecule has 0 N–H and O–H groups in total. The number of methoxy groups -OCH3 is 1. The minimum absolute atomic E-state index is 0.754. The third-order valence-electron chi connectivity index (χ3n) is 1.73. The van der Waals surface area contributed by atoms with Crippen LogP contribution in [0.3, 0.4) is 0 Å². The van der Waals surface area contributed by atoms with Gasteiger partial charge in [-0.2, -0.15) is 0 Å². The zero-order valence-corrected chi connectivity index (χ0v) is 8.92. The topological polar surface area (TPSA) is 9.23 Å². The lowest BCUT2D eigenvalue weighted by Crippen LogP contribution is -1.90. The summed E-state index contributed by atoms with van der Waals surface area (Å²) >= 11 is 7.59. The van der Waals surface area contributed by atoms with E-state index >= 15 is 0 Å². The van der Waals surface area contributed by atoms with Crippen molar-refractivity contribution in [2.75, 3.05) is 13.4 Å². The maximum atomic E-state index is 5.93. The molecule has 0 heterocycles. The van der Waals surface area contributed by atoms with Crippen molar-refractivity contribution in [3.05, 3.63) is 22.7 Å². The fraction of sp³-hybridized carbons (Fsp3) is 0.333. The molecule has 0 aliphatic carbocycles. The van der Waals surface area contributed by atoms with Crippen molar-refractivity contribution >= 4 is 23.4 Å². The Morgan fingerprint density at radius 3 is 2.58 bits per heavy atom. The van der Waals surface area contributed by atoms with Crippen LogP contribution >= 0.6 is 23.4 Å². The number of hydrogen-bond acceptors (Lipinski definition) is 2. The van der Waals surface area contributed by atoms with Crippen molar-refractivity contribution in [1.29, 1.82) is 0 Å². The third-order valence-corrected chi connectivity index (χ3v) is 2.90. The van der Waals surface area contributed by atoms with E-state index in [1.807, 2.05) is 25.3 Å². The molecule has 66 valence electrons. The first-order valence-electron chi connectivity index (χ1n) is 3.57.